The van der Waals surface area contributed by atoms with Crippen LogP contribution in [0, 0.1) is 0 Å². The number of nitrogens with zero attached hydrogens (tertiary/aromatic N) is 2. The minimum atomic E-state index is 0.145. The number of rotatable bonds is 2. The molecule has 0 aromatic heterocycles. The molecule has 0 unspecified atom stereocenters. The predicted molar refractivity (Wildman–Crippen MR) is 125 cm³/mol. The highest BCUT2D eigenvalue weighted by atomic mass is 16.5. The molecule has 152 valence electrons. The third-order valence-electron chi connectivity index (χ3n) is 6.01. The minimum Gasteiger partial charge on any atom is -0.488 e. The van der Waals surface area contributed by atoms with Crippen LogP contribution in [-0.2, 0) is 5.41 Å². The first-order valence-electron chi connectivity index (χ1n) is 10.6. The van der Waals surface area contributed by atoms with Crippen molar-refractivity contribution >= 4 is 17.1 Å². The van der Waals surface area contributed by atoms with E-state index in [4.69, 9.17) is 4.74 Å². The van der Waals surface area contributed by atoms with Crippen LogP contribution in [0.1, 0.15) is 31.9 Å². The van der Waals surface area contributed by atoms with Crippen molar-refractivity contribution in [2.75, 3.05) is 29.6 Å². The summed E-state index contributed by atoms with van der Waals surface area (Å²) in [7, 11) is 0. The van der Waals surface area contributed by atoms with E-state index in [-0.39, 0.29) is 5.41 Å². The van der Waals surface area contributed by atoms with Gasteiger partial charge in [0.1, 0.15) is 12.4 Å². The Labute approximate surface area is 179 Å². The fourth-order valence-corrected chi connectivity index (χ4v) is 4.35. The van der Waals surface area contributed by atoms with Crippen LogP contribution in [0.15, 0.2) is 84.4 Å². The smallest absolute Gasteiger partial charge is 0.129 e. The second kappa shape index (κ2) is 7.24. The second-order valence-electron chi connectivity index (χ2n) is 9.14. The Morgan fingerprint density at radius 3 is 2.20 bits per heavy atom. The summed E-state index contributed by atoms with van der Waals surface area (Å²) < 4.78 is 6.11. The maximum atomic E-state index is 6.11. The standard InChI is InChI=1S/C27H28N2O/c1-27(2,3)21-13-15-23(16-14-21)29-19-28(22-9-5-4-6-10-22)17-20-18-30-25-12-8-7-11-24(25)26(20)29/h4-16H,17-19H2,1-3H3. The topological polar surface area (TPSA) is 15.7 Å². The number of benzene rings is 3. The lowest BCUT2D eigenvalue weighted by atomic mass is 9.87. The molecule has 30 heavy (non-hydrogen) atoms. The van der Waals surface area contributed by atoms with Crippen molar-refractivity contribution in [2.45, 2.75) is 26.2 Å². The van der Waals surface area contributed by atoms with Crippen LogP contribution in [0.3, 0.4) is 0 Å². The molecule has 3 aromatic carbocycles. The Kier molecular flexibility index (Phi) is 4.54. The Balaban J connectivity index is 1.60. The van der Waals surface area contributed by atoms with Crippen molar-refractivity contribution in [2.24, 2.45) is 0 Å². The molecular weight excluding hydrogens is 368 g/mol. The van der Waals surface area contributed by atoms with Gasteiger partial charge >= 0.3 is 0 Å². The zero-order valence-electron chi connectivity index (χ0n) is 17.9. The van der Waals surface area contributed by atoms with Crippen LogP contribution < -0.4 is 14.5 Å². The Hall–Kier alpha value is -3.20. The molecule has 5 rings (SSSR count). The lowest BCUT2D eigenvalue weighted by molar-refractivity contribution is 0.340. The van der Waals surface area contributed by atoms with Gasteiger partial charge in [0, 0.05) is 29.1 Å². The van der Waals surface area contributed by atoms with E-state index in [0.29, 0.717) is 6.61 Å². The normalized spacial score (nSPS) is 16.1. The number of hydrogen-bond donors (Lipinski definition) is 0. The van der Waals surface area contributed by atoms with E-state index >= 15 is 0 Å². The number of ether oxygens (including phenoxy) is 1. The van der Waals surface area contributed by atoms with E-state index in [9.17, 15) is 0 Å². The summed E-state index contributed by atoms with van der Waals surface area (Å²) in [5.74, 6) is 0.973. The fourth-order valence-electron chi connectivity index (χ4n) is 4.35. The van der Waals surface area contributed by atoms with Crippen LogP contribution in [-0.4, -0.2) is 19.8 Å². The van der Waals surface area contributed by atoms with Crippen LogP contribution in [0.5, 0.6) is 5.75 Å². The first kappa shape index (κ1) is 18.8. The third-order valence-corrected chi connectivity index (χ3v) is 6.01. The zero-order chi connectivity index (χ0) is 20.7. The van der Waals surface area contributed by atoms with Gasteiger partial charge in [-0.25, -0.2) is 0 Å². The molecule has 0 atom stereocenters. The van der Waals surface area contributed by atoms with E-state index in [1.807, 2.05) is 6.07 Å². The molecule has 0 aliphatic carbocycles. The minimum absolute atomic E-state index is 0.145. The van der Waals surface area contributed by atoms with Gasteiger partial charge in [0.15, 0.2) is 0 Å². The van der Waals surface area contributed by atoms with Crippen LogP contribution in [0.2, 0.25) is 0 Å². The molecule has 0 N–H and O–H groups in total. The van der Waals surface area contributed by atoms with E-state index in [0.717, 1.165) is 19.0 Å². The summed E-state index contributed by atoms with van der Waals surface area (Å²) in [6.07, 6.45) is 0. The predicted octanol–water partition coefficient (Wildman–Crippen LogP) is 6.07. The zero-order valence-corrected chi connectivity index (χ0v) is 17.9. The average molecular weight is 397 g/mol. The molecule has 3 heteroatoms. The van der Waals surface area contributed by atoms with Gasteiger partial charge in [-0.05, 0) is 47.4 Å². The average Bonchev–Trinajstić information content (AvgIpc) is 2.78. The van der Waals surface area contributed by atoms with Crippen molar-refractivity contribution < 1.29 is 4.74 Å². The summed E-state index contributed by atoms with van der Waals surface area (Å²) in [5.41, 5.74) is 7.76. The van der Waals surface area contributed by atoms with Crippen molar-refractivity contribution in [1.29, 1.82) is 0 Å². The highest BCUT2D eigenvalue weighted by molar-refractivity contribution is 5.87. The molecule has 2 aliphatic rings. The first-order valence-corrected chi connectivity index (χ1v) is 10.6. The highest BCUT2D eigenvalue weighted by Crippen LogP contribution is 2.41. The molecule has 0 radical (unpaired) electrons. The largest absolute Gasteiger partial charge is 0.488 e. The lowest BCUT2D eigenvalue weighted by Crippen LogP contribution is -2.45. The molecule has 2 aliphatic heterocycles. The van der Waals surface area contributed by atoms with Crippen molar-refractivity contribution in [3.05, 3.63) is 95.6 Å². The van der Waals surface area contributed by atoms with E-state index < -0.39 is 0 Å². The lowest BCUT2D eigenvalue weighted by Gasteiger charge is -2.43. The number of hydrogen-bond acceptors (Lipinski definition) is 3. The summed E-state index contributed by atoms with van der Waals surface area (Å²) in [6.45, 7) is 9.10. The van der Waals surface area contributed by atoms with Crippen LogP contribution in [0.4, 0.5) is 11.4 Å². The van der Waals surface area contributed by atoms with Crippen molar-refractivity contribution in [1.82, 2.24) is 0 Å². The number of para-hydroxylation sites is 2. The SMILES string of the molecule is CC(C)(C)c1ccc(N2CN(c3ccccc3)CC3=C2c2ccccc2OC3)cc1. The summed E-state index contributed by atoms with van der Waals surface area (Å²) in [5, 5.41) is 0. The van der Waals surface area contributed by atoms with Gasteiger partial charge in [-0.3, -0.25) is 0 Å². The number of anilines is 2. The van der Waals surface area contributed by atoms with E-state index in [1.54, 1.807) is 0 Å². The molecule has 0 saturated carbocycles. The maximum Gasteiger partial charge on any atom is 0.129 e. The van der Waals surface area contributed by atoms with Crippen LogP contribution in [0.25, 0.3) is 5.70 Å². The van der Waals surface area contributed by atoms with Gasteiger partial charge < -0.3 is 14.5 Å². The molecular formula is C27H28N2O. The molecule has 3 nitrogen and oxygen atoms in total. The number of fused-ring (bicyclic) bond motifs is 2. The maximum absolute atomic E-state index is 6.11. The van der Waals surface area contributed by atoms with Gasteiger partial charge in [0.05, 0.1) is 12.4 Å². The monoisotopic (exact) mass is 396 g/mol. The molecule has 2 heterocycles. The Bertz CT molecular complexity index is 1080. The van der Waals surface area contributed by atoms with Crippen LogP contribution >= 0.6 is 0 Å². The van der Waals surface area contributed by atoms with E-state index in [1.165, 1.54) is 33.8 Å². The third kappa shape index (κ3) is 3.35. The Morgan fingerprint density at radius 1 is 0.767 bits per heavy atom. The van der Waals surface area contributed by atoms with Gasteiger partial charge in [0.25, 0.3) is 0 Å². The quantitative estimate of drug-likeness (QED) is 0.523. The summed E-state index contributed by atoms with van der Waals surface area (Å²) >= 11 is 0. The molecule has 0 saturated heterocycles. The molecule has 3 aromatic rings. The van der Waals surface area contributed by atoms with Crippen molar-refractivity contribution in [3.8, 4) is 5.75 Å². The van der Waals surface area contributed by atoms with E-state index in [2.05, 4.69) is 103 Å². The van der Waals surface area contributed by atoms with Gasteiger partial charge in [-0.1, -0.05) is 63.2 Å². The van der Waals surface area contributed by atoms with Gasteiger partial charge in [-0.2, -0.15) is 0 Å². The summed E-state index contributed by atoms with van der Waals surface area (Å²) in [4.78, 5) is 4.87. The fraction of sp³-hybridized carbons (Fsp3) is 0.259. The van der Waals surface area contributed by atoms with Crippen molar-refractivity contribution in [3.63, 3.8) is 0 Å². The highest BCUT2D eigenvalue weighted by Gasteiger charge is 2.32. The molecule has 0 amide bonds. The second-order valence-corrected chi connectivity index (χ2v) is 9.14. The van der Waals surface area contributed by atoms with Gasteiger partial charge in [-0.15, -0.1) is 0 Å². The molecule has 0 fully saturated rings. The van der Waals surface area contributed by atoms with Gasteiger partial charge in [0.2, 0.25) is 0 Å². The molecule has 0 spiro atoms. The summed E-state index contributed by atoms with van der Waals surface area (Å²) in [6, 6.07) is 28.1. The Morgan fingerprint density at radius 2 is 1.47 bits per heavy atom. The molecule has 0 bridgehead atoms. The first-order chi connectivity index (χ1) is 14.5.